The van der Waals surface area contributed by atoms with Gasteiger partial charge in [-0.2, -0.15) is 0 Å². The van der Waals surface area contributed by atoms with Crippen molar-refractivity contribution in [2.75, 3.05) is 0 Å². The lowest BCUT2D eigenvalue weighted by atomic mass is 10.2. The molecular formula is C10H14. The van der Waals surface area contributed by atoms with Crippen LogP contribution in [0.15, 0.2) is 49.1 Å². The highest BCUT2D eigenvalue weighted by Crippen LogP contribution is 2.00. The first-order chi connectivity index (χ1) is 4.66. The Kier molecular flexibility index (Phi) is 4.30. The summed E-state index contributed by atoms with van der Waals surface area (Å²) in [5, 5.41) is 0. The molecule has 0 aromatic carbocycles. The van der Waals surface area contributed by atoms with E-state index in [9.17, 15) is 0 Å². The van der Waals surface area contributed by atoms with Crippen LogP contribution in [0.2, 0.25) is 0 Å². The zero-order valence-electron chi connectivity index (χ0n) is 6.56. The van der Waals surface area contributed by atoms with Gasteiger partial charge in [-0.3, -0.25) is 0 Å². The second kappa shape index (κ2) is 4.80. The average molecular weight is 134 g/mol. The Balaban J connectivity index is 3.63. The molecule has 0 bridgehead atoms. The molecule has 0 aromatic rings. The van der Waals surface area contributed by atoms with Gasteiger partial charge in [0, 0.05) is 0 Å². The Morgan fingerprint density at radius 2 is 2.00 bits per heavy atom. The van der Waals surface area contributed by atoms with E-state index >= 15 is 0 Å². The van der Waals surface area contributed by atoms with E-state index < -0.39 is 0 Å². The van der Waals surface area contributed by atoms with Crippen LogP contribution >= 0.6 is 0 Å². The van der Waals surface area contributed by atoms with Crippen LogP contribution in [-0.4, -0.2) is 0 Å². The summed E-state index contributed by atoms with van der Waals surface area (Å²) in [5.41, 5.74) is 2.11. The van der Waals surface area contributed by atoms with E-state index in [0.29, 0.717) is 0 Å². The van der Waals surface area contributed by atoms with Crippen LogP contribution in [0.1, 0.15) is 13.3 Å². The summed E-state index contributed by atoms with van der Waals surface area (Å²) in [6, 6.07) is 0. The number of rotatable bonds is 4. The molecule has 10 heavy (non-hydrogen) atoms. The molecule has 0 aliphatic heterocycles. The molecule has 0 heteroatoms. The molecule has 0 radical (unpaired) electrons. The summed E-state index contributed by atoms with van der Waals surface area (Å²) < 4.78 is 0. The van der Waals surface area contributed by atoms with Gasteiger partial charge in [0.15, 0.2) is 0 Å². The lowest BCUT2D eigenvalue weighted by Crippen LogP contribution is -1.69. The zero-order chi connectivity index (χ0) is 7.98. The third-order valence-corrected chi connectivity index (χ3v) is 1.07. The molecule has 0 rings (SSSR count). The largest absolute Gasteiger partial charge is 0.0988 e. The van der Waals surface area contributed by atoms with E-state index in [4.69, 9.17) is 0 Å². The first-order valence-corrected chi connectivity index (χ1v) is 3.29. The van der Waals surface area contributed by atoms with Gasteiger partial charge in [0.1, 0.15) is 0 Å². The second-order valence-electron chi connectivity index (χ2n) is 2.32. The predicted octanol–water partition coefficient (Wildman–Crippen LogP) is 3.25. The van der Waals surface area contributed by atoms with Crippen molar-refractivity contribution in [2.45, 2.75) is 13.3 Å². The molecule has 0 aromatic heterocycles. The zero-order valence-corrected chi connectivity index (χ0v) is 6.56. The maximum absolute atomic E-state index is 3.77. The molecule has 0 heterocycles. The molecule has 0 atom stereocenters. The molecule has 54 valence electrons. The van der Waals surface area contributed by atoms with Gasteiger partial charge < -0.3 is 0 Å². The molecule has 0 amide bonds. The van der Waals surface area contributed by atoms with Crippen LogP contribution in [0.5, 0.6) is 0 Å². The smallest absolute Gasteiger partial charge is 0.0100 e. The van der Waals surface area contributed by atoms with Crippen LogP contribution in [0.3, 0.4) is 0 Å². The van der Waals surface area contributed by atoms with Crippen molar-refractivity contribution in [1.29, 1.82) is 0 Å². The SMILES string of the molecule is C=CC(=C)C/C=C/C(=C)C. The molecule has 0 nitrogen and oxygen atoms in total. The third-order valence-electron chi connectivity index (χ3n) is 1.07. The van der Waals surface area contributed by atoms with Gasteiger partial charge >= 0.3 is 0 Å². The Morgan fingerprint density at radius 3 is 2.40 bits per heavy atom. The van der Waals surface area contributed by atoms with Gasteiger partial charge in [-0.25, -0.2) is 0 Å². The van der Waals surface area contributed by atoms with Gasteiger partial charge in [0.25, 0.3) is 0 Å². The van der Waals surface area contributed by atoms with Crippen LogP contribution in [0.4, 0.5) is 0 Å². The predicted molar refractivity (Wildman–Crippen MR) is 47.9 cm³/mol. The fourth-order valence-electron chi connectivity index (χ4n) is 0.495. The topological polar surface area (TPSA) is 0 Å². The van der Waals surface area contributed by atoms with Gasteiger partial charge in [-0.15, -0.1) is 0 Å². The van der Waals surface area contributed by atoms with Crippen molar-refractivity contribution in [1.82, 2.24) is 0 Å². The summed E-state index contributed by atoms with van der Waals surface area (Å²) in [6.45, 7) is 13.1. The van der Waals surface area contributed by atoms with Crippen molar-refractivity contribution in [3.05, 3.63) is 49.1 Å². The van der Waals surface area contributed by atoms with E-state index in [-0.39, 0.29) is 0 Å². The number of allylic oxidation sites excluding steroid dienone is 5. The van der Waals surface area contributed by atoms with Gasteiger partial charge in [0.05, 0.1) is 0 Å². The van der Waals surface area contributed by atoms with Crippen molar-refractivity contribution in [2.24, 2.45) is 0 Å². The van der Waals surface area contributed by atoms with Crippen molar-refractivity contribution >= 4 is 0 Å². The van der Waals surface area contributed by atoms with Crippen LogP contribution in [0, 0.1) is 0 Å². The molecule has 0 aliphatic rings. The number of hydrogen-bond acceptors (Lipinski definition) is 0. The molecule has 0 spiro atoms. The van der Waals surface area contributed by atoms with E-state index in [1.54, 1.807) is 6.08 Å². The maximum atomic E-state index is 3.77. The van der Waals surface area contributed by atoms with Crippen molar-refractivity contribution in [3.8, 4) is 0 Å². The second-order valence-corrected chi connectivity index (χ2v) is 2.32. The summed E-state index contributed by atoms with van der Waals surface area (Å²) in [5.74, 6) is 0. The number of hydrogen-bond donors (Lipinski definition) is 0. The third kappa shape index (κ3) is 5.10. The Bertz CT molecular complexity index is 170. The van der Waals surface area contributed by atoms with Crippen LogP contribution in [0.25, 0.3) is 0 Å². The quantitative estimate of drug-likeness (QED) is 0.518. The summed E-state index contributed by atoms with van der Waals surface area (Å²) in [7, 11) is 0. The minimum absolute atomic E-state index is 0.871. The van der Waals surface area contributed by atoms with Crippen molar-refractivity contribution < 1.29 is 0 Å². The van der Waals surface area contributed by atoms with Gasteiger partial charge in [-0.05, 0) is 13.3 Å². The van der Waals surface area contributed by atoms with E-state index in [0.717, 1.165) is 17.6 Å². The van der Waals surface area contributed by atoms with E-state index in [1.807, 2.05) is 19.1 Å². The lowest BCUT2D eigenvalue weighted by Gasteiger charge is -1.90. The molecule has 0 fully saturated rings. The standard InChI is InChI=1S/C10H14/c1-5-10(4)8-6-7-9(2)3/h5-7H,1-2,4,8H2,3H3/b7-6+. The first kappa shape index (κ1) is 8.96. The van der Waals surface area contributed by atoms with E-state index in [1.165, 1.54) is 0 Å². The highest BCUT2D eigenvalue weighted by atomic mass is 13.9. The average Bonchev–Trinajstić information content (AvgIpc) is 1.87. The van der Waals surface area contributed by atoms with Gasteiger partial charge in [0.2, 0.25) is 0 Å². The maximum Gasteiger partial charge on any atom is -0.0100 e. The molecule has 0 saturated carbocycles. The normalized spacial score (nSPS) is 9.70. The molecule has 0 unspecified atom stereocenters. The fraction of sp³-hybridized carbons (Fsp3) is 0.200. The van der Waals surface area contributed by atoms with Crippen molar-refractivity contribution in [3.63, 3.8) is 0 Å². The molecule has 0 saturated heterocycles. The van der Waals surface area contributed by atoms with Gasteiger partial charge in [-0.1, -0.05) is 49.1 Å². The van der Waals surface area contributed by atoms with Crippen LogP contribution < -0.4 is 0 Å². The van der Waals surface area contributed by atoms with Crippen LogP contribution in [-0.2, 0) is 0 Å². The van der Waals surface area contributed by atoms with E-state index in [2.05, 4.69) is 19.7 Å². The summed E-state index contributed by atoms with van der Waals surface area (Å²) >= 11 is 0. The molecule has 0 aliphatic carbocycles. The summed E-state index contributed by atoms with van der Waals surface area (Å²) in [6.07, 6.45) is 6.65. The minimum atomic E-state index is 0.871. The minimum Gasteiger partial charge on any atom is -0.0988 e. The monoisotopic (exact) mass is 134 g/mol. The molecule has 0 N–H and O–H groups in total. The fourth-order valence-corrected chi connectivity index (χ4v) is 0.495. The lowest BCUT2D eigenvalue weighted by molar-refractivity contribution is 1.29. The summed E-state index contributed by atoms with van der Waals surface area (Å²) in [4.78, 5) is 0. The Morgan fingerprint density at radius 1 is 1.40 bits per heavy atom. The Hall–Kier alpha value is -1.04. The highest BCUT2D eigenvalue weighted by molar-refractivity contribution is 5.19. The highest BCUT2D eigenvalue weighted by Gasteiger charge is 1.80. The first-order valence-electron chi connectivity index (χ1n) is 3.29. The Labute approximate surface area is 63.3 Å². The molecular weight excluding hydrogens is 120 g/mol.